The molecule has 0 saturated heterocycles. The van der Waals surface area contributed by atoms with Crippen molar-refractivity contribution in [2.45, 2.75) is 69.8 Å². The molecule has 2 radical (unpaired) electrons. The van der Waals surface area contributed by atoms with Crippen LogP contribution in [0.3, 0.4) is 0 Å². The van der Waals surface area contributed by atoms with Gasteiger partial charge in [0.15, 0.2) is 0 Å². The van der Waals surface area contributed by atoms with Crippen molar-refractivity contribution in [3.05, 3.63) is 0 Å². The molecule has 3 heteroatoms. The second-order valence-corrected chi connectivity index (χ2v) is 5.62. The van der Waals surface area contributed by atoms with Gasteiger partial charge >= 0.3 is 0 Å². The molecule has 0 bridgehead atoms. The molecule has 0 aromatic carbocycles. The minimum Gasteiger partial charge on any atom is -0.158 e. The van der Waals surface area contributed by atoms with E-state index in [4.69, 9.17) is 0 Å². The van der Waals surface area contributed by atoms with Crippen molar-refractivity contribution in [1.29, 1.82) is 0 Å². The highest BCUT2D eigenvalue weighted by molar-refractivity contribution is 14.1. The van der Waals surface area contributed by atoms with Crippen LogP contribution < -0.4 is 0 Å². The zero-order valence-corrected chi connectivity index (χ0v) is 11.7. The van der Waals surface area contributed by atoms with E-state index < -0.39 is 0 Å². The molecule has 0 spiro atoms. The lowest BCUT2D eigenvalue weighted by Gasteiger charge is -2.27. The van der Waals surface area contributed by atoms with Gasteiger partial charge in [-0.2, -0.15) is 22.4 Å². The molecule has 1 aliphatic carbocycles. The Morgan fingerprint density at radius 1 is 1.14 bits per heavy atom. The molecule has 2 unspecified atom stereocenters. The number of halogens is 1. The lowest BCUT2D eigenvalue weighted by atomic mass is 9.59. The van der Waals surface area contributed by atoms with Crippen LogP contribution in [-0.2, 0) is 0 Å². The van der Waals surface area contributed by atoms with Crippen molar-refractivity contribution in [2.75, 3.05) is 0 Å². The van der Waals surface area contributed by atoms with Gasteiger partial charge in [0.2, 0.25) is 5.14 Å². The largest absolute Gasteiger partial charge is 0.206 e. The third-order valence-electron chi connectivity index (χ3n) is 3.64. The molecule has 0 heterocycles. The molecule has 1 fully saturated rings. The van der Waals surface area contributed by atoms with Crippen LogP contribution in [0.25, 0.3) is 0 Å². The molecule has 2 atom stereocenters. The van der Waals surface area contributed by atoms with Crippen LogP contribution in [0.1, 0.15) is 51.9 Å². The van der Waals surface area contributed by atoms with E-state index in [2.05, 4.69) is 48.5 Å². The third-order valence-corrected chi connectivity index (χ3v) is 5.15. The van der Waals surface area contributed by atoms with E-state index in [1.165, 1.54) is 44.9 Å². The lowest BCUT2D eigenvalue weighted by molar-refractivity contribution is 0.486. The minimum atomic E-state index is 0.506. The summed E-state index contributed by atoms with van der Waals surface area (Å²) in [6.07, 6.45) is 9.89. The SMILES string of the molecule is C[B]C1CCCCCC(C)([B]I)CC1. The summed E-state index contributed by atoms with van der Waals surface area (Å²) in [5, 5.41) is 2.91. The maximum absolute atomic E-state index is 2.45. The van der Waals surface area contributed by atoms with Crippen molar-refractivity contribution in [1.82, 2.24) is 0 Å². The first-order valence-corrected chi connectivity index (χ1v) is 7.19. The van der Waals surface area contributed by atoms with Crippen molar-refractivity contribution >= 4 is 34.8 Å². The normalized spacial score (nSPS) is 35.2. The molecule has 0 N–H and O–H groups in total. The van der Waals surface area contributed by atoms with Gasteiger partial charge in [-0.05, 0) is 5.31 Å². The van der Waals surface area contributed by atoms with Gasteiger partial charge in [0.05, 0.1) is 0 Å². The summed E-state index contributed by atoms with van der Waals surface area (Å²) in [5.74, 6) is 0.878. The fourth-order valence-corrected chi connectivity index (χ4v) is 2.96. The van der Waals surface area contributed by atoms with Gasteiger partial charge in [0.1, 0.15) is 7.28 Å². The highest BCUT2D eigenvalue weighted by atomic mass is 127. The van der Waals surface area contributed by atoms with Gasteiger partial charge < -0.3 is 0 Å². The Balaban J connectivity index is 2.49. The van der Waals surface area contributed by atoms with Gasteiger partial charge in [-0.15, -0.1) is 0 Å². The van der Waals surface area contributed by atoms with Crippen LogP contribution in [0.5, 0.6) is 0 Å². The first-order valence-electron chi connectivity index (χ1n) is 5.94. The highest BCUT2D eigenvalue weighted by Crippen LogP contribution is 2.42. The molecule has 1 rings (SSSR count). The smallest absolute Gasteiger partial charge is 0.158 e. The van der Waals surface area contributed by atoms with Gasteiger partial charge in [-0.1, -0.05) is 64.5 Å². The minimum absolute atomic E-state index is 0.506. The predicted molar refractivity (Wildman–Crippen MR) is 75.8 cm³/mol. The maximum Gasteiger partial charge on any atom is 0.206 e. The van der Waals surface area contributed by atoms with Crippen LogP contribution in [0.15, 0.2) is 0 Å². The summed E-state index contributed by atoms with van der Waals surface area (Å²) >= 11 is 2.45. The molecule has 0 amide bonds. The van der Waals surface area contributed by atoms with Gasteiger partial charge in [0, 0.05) is 0 Å². The summed E-state index contributed by atoms with van der Waals surface area (Å²) < 4.78 is 0. The average Bonchev–Trinajstić information content (AvgIpc) is 2.30. The van der Waals surface area contributed by atoms with E-state index in [-0.39, 0.29) is 0 Å². The molecular formula is C11H21B2I. The van der Waals surface area contributed by atoms with Crippen molar-refractivity contribution in [2.24, 2.45) is 0 Å². The first kappa shape index (κ1) is 12.9. The number of hydrogen-bond donors (Lipinski definition) is 0. The number of rotatable bonds is 2. The molecule has 1 saturated carbocycles. The van der Waals surface area contributed by atoms with Crippen LogP contribution in [0.4, 0.5) is 0 Å². The molecule has 0 aliphatic heterocycles. The second kappa shape index (κ2) is 6.44. The molecule has 1 aliphatic rings. The van der Waals surface area contributed by atoms with E-state index in [1.807, 2.05) is 0 Å². The Bertz CT molecular complexity index is 163. The third kappa shape index (κ3) is 4.16. The molecule has 0 nitrogen and oxygen atoms in total. The molecule has 78 valence electrons. The van der Waals surface area contributed by atoms with Gasteiger partial charge in [0.25, 0.3) is 0 Å². The van der Waals surface area contributed by atoms with Crippen molar-refractivity contribution < 1.29 is 0 Å². The van der Waals surface area contributed by atoms with Crippen LogP contribution in [0, 0.1) is 0 Å². The van der Waals surface area contributed by atoms with Crippen molar-refractivity contribution in [3.8, 4) is 0 Å². The molecule has 0 aromatic rings. The Hall–Kier alpha value is 0.860. The van der Waals surface area contributed by atoms with E-state index >= 15 is 0 Å². The van der Waals surface area contributed by atoms with Crippen molar-refractivity contribution in [3.63, 3.8) is 0 Å². The maximum atomic E-state index is 2.45. The molecular weight excluding hydrogens is 281 g/mol. The van der Waals surface area contributed by atoms with Gasteiger partial charge in [-0.3, -0.25) is 0 Å². The fraction of sp³-hybridized carbons (Fsp3) is 1.00. The van der Waals surface area contributed by atoms with Gasteiger partial charge in [-0.25, -0.2) is 0 Å². The summed E-state index contributed by atoms with van der Waals surface area (Å²) in [6.45, 7) is 4.66. The summed E-state index contributed by atoms with van der Waals surface area (Å²) in [5.41, 5.74) is 0. The zero-order valence-electron chi connectivity index (χ0n) is 9.56. The summed E-state index contributed by atoms with van der Waals surface area (Å²) in [6, 6.07) is 0. The summed E-state index contributed by atoms with van der Waals surface area (Å²) in [4.78, 5) is 0. The Kier molecular flexibility index (Phi) is 5.95. The first-order chi connectivity index (χ1) is 6.70. The topological polar surface area (TPSA) is 0 Å². The van der Waals surface area contributed by atoms with E-state index in [0.717, 1.165) is 5.82 Å². The van der Waals surface area contributed by atoms with Crippen LogP contribution in [0.2, 0.25) is 18.0 Å². The zero-order chi connectivity index (χ0) is 10.4. The average molecular weight is 302 g/mol. The fourth-order valence-electron chi connectivity index (χ4n) is 2.34. The number of hydrogen-bond acceptors (Lipinski definition) is 0. The molecule has 0 aromatic heterocycles. The standard InChI is InChI=1S/C11H21B2I/c1-11(13-14)8-5-3-4-6-10(12-2)7-9-11/h10H,3-9H2,1-2H3. The van der Waals surface area contributed by atoms with Crippen LogP contribution >= 0.6 is 22.4 Å². The Morgan fingerprint density at radius 2 is 1.93 bits per heavy atom. The summed E-state index contributed by atoms with van der Waals surface area (Å²) in [7, 11) is 2.42. The van der Waals surface area contributed by atoms with E-state index in [0.29, 0.717) is 5.31 Å². The quantitative estimate of drug-likeness (QED) is 0.520. The molecule has 14 heavy (non-hydrogen) atoms. The Labute approximate surface area is 104 Å². The second-order valence-electron chi connectivity index (χ2n) is 4.99. The lowest BCUT2D eigenvalue weighted by Crippen LogP contribution is -2.14. The van der Waals surface area contributed by atoms with Crippen LogP contribution in [-0.4, -0.2) is 12.4 Å². The Morgan fingerprint density at radius 3 is 2.57 bits per heavy atom. The monoisotopic (exact) mass is 302 g/mol. The van der Waals surface area contributed by atoms with E-state index in [1.54, 1.807) is 0 Å². The highest BCUT2D eigenvalue weighted by Gasteiger charge is 2.25. The predicted octanol–water partition coefficient (Wildman–Crippen LogP) is 4.50. The van der Waals surface area contributed by atoms with E-state index in [9.17, 15) is 0 Å².